The van der Waals surface area contributed by atoms with Crippen molar-refractivity contribution in [3.63, 3.8) is 0 Å². The summed E-state index contributed by atoms with van der Waals surface area (Å²) in [5, 5.41) is 0. The van der Waals surface area contributed by atoms with Crippen LogP contribution in [0.2, 0.25) is 0 Å². The lowest BCUT2D eigenvalue weighted by Crippen LogP contribution is -2.43. The second kappa shape index (κ2) is 9.52. The van der Waals surface area contributed by atoms with Gasteiger partial charge in [-0.1, -0.05) is 42.9 Å². The van der Waals surface area contributed by atoms with Crippen molar-refractivity contribution in [2.24, 2.45) is 4.99 Å². The van der Waals surface area contributed by atoms with Crippen molar-refractivity contribution in [1.82, 2.24) is 8.87 Å². The predicted octanol–water partition coefficient (Wildman–Crippen LogP) is 4.58. The maximum absolute atomic E-state index is 13.2. The third kappa shape index (κ3) is 4.35. The average Bonchev–Trinajstić information content (AvgIpc) is 3.16. The number of aromatic nitrogens is 1. The first-order chi connectivity index (χ1) is 15.5. The first kappa shape index (κ1) is 22.6. The van der Waals surface area contributed by atoms with Crippen LogP contribution in [-0.2, 0) is 16.6 Å². The van der Waals surface area contributed by atoms with Crippen LogP contribution < -0.4 is 4.80 Å². The second-order valence-electron chi connectivity index (χ2n) is 7.87. The predicted molar refractivity (Wildman–Crippen MR) is 128 cm³/mol. The second-order valence-corrected chi connectivity index (χ2v) is 10.8. The molecule has 0 radical (unpaired) electrons. The largest absolute Gasteiger partial charge is 0.312 e. The Morgan fingerprint density at radius 1 is 1.19 bits per heavy atom. The Hall–Kier alpha value is -2.55. The van der Waals surface area contributed by atoms with Crippen molar-refractivity contribution in [2.45, 2.75) is 50.1 Å². The van der Waals surface area contributed by atoms with Crippen LogP contribution in [0.25, 0.3) is 10.2 Å². The van der Waals surface area contributed by atoms with E-state index in [1.54, 1.807) is 22.5 Å². The summed E-state index contributed by atoms with van der Waals surface area (Å²) >= 11 is 1.44. The Labute approximate surface area is 192 Å². The molecule has 0 aliphatic carbocycles. The lowest BCUT2D eigenvalue weighted by Gasteiger charge is -2.34. The van der Waals surface area contributed by atoms with Gasteiger partial charge < -0.3 is 4.57 Å². The molecule has 0 saturated carbocycles. The number of allylic oxidation sites excluding steroid dienone is 1. The van der Waals surface area contributed by atoms with E-state index in [0.29, 0.717) is 23.5 Å². The molecule has 8 heteroatoms. The maximum atomic E-state index is 13.2. The highest BCUT2D eigenvalue weighted by atomic mass is 32.2. The molecule has 0 N–H and O–H groups in total. The zero-order valence-electron chi connectivity index (χ0n) is 18.1. The van der Waals surface area contributed by atoms with Crippen molar-refractivity contribution in [2.75, 3.05) is 6.54 Å². The molecule has 1 unspecified atom stereocenters. The van der Waals surface area contributed by atoms with Crippen LogP contribution in [0, 0.1) is 0 Å². The van der Waals surface area contributed by atoms with E-state index in [-0.39, 0.29) is 10.9 Å². The van der Waals surface area contributed by atoms with E-state index in [9.17, 15) is 13.2 Å². The minimum atomic E-state index is -3.58. The number of benzene rings is 2. The number of carbonyl (C=O) groups excluding carboxylic acids is 1. The van der Waals surface area contributed by atoms with E-state index in [1.165, 1.54) is 23.5 Å². The fourth-order valence-electron chi connectivity index (χ4n) is 4.17. The van der Waals surface area contributed by atoms with Crippen molar-refractivity contribution < 1.29 is 13.2 Å². The van der Waals surface area contributed by atoms with Crippen LogP contribution in [-0.4, -0.2) is 35.8 Å². The van der Waals surface area contributed by atoms with Gasteiger partial charge in [0, 0.05) is 24.7 Å². The topological polar surface area (TPSA) is 71.7 Å². The smallest absolute Gasteiger partial charge is 0.279 e. The zero-order chi connectivity index (χ0) is 22.7. The molecule has 168 valence electrons. The molecule has 3 aromatic rings. The van der Waals surface area contributed by atoms with E-state index >= 15 is 0 Å². The summed E-state index contributed by atoms with van der Waals surface area (Å²) in [5.41, 5.74) is 1.36. The summed E-state index contributed by atoms with van der Waals surface area (Å²) in [6.07, 6.45) is 5.40. The molecule has 1 fully saturated rings. The lowest BCUT2D eigenvalue weighted by molar-refractivity contribution is 0.0997. The number of amides is 1. The Morgan fingerprint density at radius 3 is 2.66 bits per heavy atom. The fourth-order valence-corrected chi connectivity index (χ4v) is 6.97. The lowest BCUT2D eigenvalue weighted by atomic mass is 10.0. The monoisotopic (exact) mass is 469 g/mol. The maximum Gasteiger partial charge on any atom is 0.279 e. The third-order valence-electron chi connectivity index (χ3n) is 5.85. The van der Waals surface area contributed by atoms with Gasteiger partial charge in [-0.3, -0.25) is 4.79 Å². The number of piperidine rings is 1. The first-order valence-electron chi connectivity index (χ1n) is 10.9. The molecule has 2 aromatic carbocycles. The molecule has 1 amide bonds. The van der Waals surface area contributed by atoms with E-state index in [0.717, 1.165) is 35.9 Å². The molecular weight excluding hydrogens is 442 g/mol. The van der Waals surface area contributed by atoms with Crippen molar-refractivity contribution >= 4 is 37.5 Å². The SMILES string of the molecule is C=CCn1c(=NC(=O)c2ccc(S(=O)(=O)N3CCCCC3CC)cc2)sc2ccccc21. The fraction of sp³-hybridized carbons (Fsp3) is 0.333. The van der Waals surface area contributed by atoms with Gasteiger partial charge in [-0.15, -0.1) is 6.58 Å². The standard InChI is InChI=1S/C24H27N3O3S2/c1-3-16-26-21-10-5-6-11-22(21)31-24(26)25-23(28)18-12-14-20(15-13-18)32(29,30)27-17-8-7-9-19(27)4-2/h3,5-6,10-15,19H,1,4,7-9,16-17H2,2H3. The first-order valence-corrected chi connectivity index (χ1v) is 13.1. The number of fused-ring (bicyclic) bond motifs is 1. The van der Waals surface area contributed by atoms with E-state index < -0.39 is 15.9 Å². The number of thiazole rings is 1. The van der Waals surface area contributed by atoms with Crippen LogP contribution in [0.3, 0.4) is 0 Å². The molecule has 4 rings (SSSR count). The highest BCUT2D eigenvalue weighted by molar-refractivity contribution is 7.89. The molecule has 0 spiro atoms. The molecule has 32 heavy (non-hydrogen) atoms. The van der Waals surface area contributed by atoms with Gasteiger partial charge in [0.2, 0.25) is 10.0 Å². The van der Waals surface area contributed by atoms with Crippen LogP contribution in [0.4, 0.5) is 0 Å². The van der Waals surface area contributed by atoms with Gasteiger partial charge in [0.05, 0.1) is 15.1 Å². The van der Waals surface area contributed by atoms with Gasteiger partial charge in [0.1, 0.15) is 0 Å². The molecule has 2 heterocycles. The molecular formula is C24H27N3O3S2. The zero-order valence-corrected chi connectivity index (χ0v) is 19.7. The summed E-state index contributed by atoms with van der Waals surface area (Å²) in [6, 6.07) is 14.1. The van der Waals surface area contributed by atoms with Gasteiger partial charge in [-0.2, -0.15) is 9.30 Å². The molecule has 1 saturated heterocycles. The number of hydrogen-bond donors (Lipinski definition) is 0. The van der Waals surface area contributed by atoms with Crippen molar-refractivity contribution in [1.29, 1.82) is 0 Å². The summed E-state index contributed by atoms with van der Waals surface area (Å²) in [5.74, 6) is -0.400. The summed E-state index contributed by atoms with van der Waals surface area (Å²) < 4.78 is 30.9. The highest BCUT2D eigenvalue weighted by Crippen LogP contribution is 2.27. The van der Waals surface area contributed by atoms with Crippen LogP contribution in [0.15, 0.2) is 71.1 Å². The van der Waals surface area contributed by atoms with Gasteiger partial charge in [-0.25, -0.2) is 8.42 Å². The van der Waals surface area contributed by atoms with E-state index in [1.807, 2.05) is 35.8 Å². The average molecular weight is 470 g/mol. The van der Waals surface area contributed by atoms with Crippen LogP contribution in [0.5, 0.6) is 0 Å². The minimum Gasteiger partial charge on any atom is -0.312 e. The molecule has 0 bridgehead atoms. The van der Waals surface area contributed by atoms with Crippen LogP contribution >= 0.6 is 11.3 Å². The van der Waals surface area contributed by atoms with Crippen molar-refractivity contribution in [3.8, 4) is 0 Å². The van der Waals surface area contributed by atoms with Gasteiger partial charge >= 0.3 is 0 Å². The van der Waals surface area contributed by atoms with Crippen LogP contribution in [0.1, 0.15) is 43.0 Å². The summed E-state index contributed by atoms with van der Waals surface area (Å²) in [4.78, 5) is 18.0. The van der Waals surface area contributed by atoms with Crippen molar-refractivity contribution in [3.05, 3.63) is 71.6 Å². The Kier molecular flexibility index (Phi) is 6.74. The number of carbonyl (C=O) groups is 1. The normalized spacial score (nSPS) is 18.2. The summed E-state index contributed by atoms with van der Waals surface area (Å²) in [6.45, 7) is 6.91. The van der Waals surface area contributed by atoms with Gasteiger partial charge in [0.25, 0.3) is 5.91 Å². The molecule has 1 atom stereocenters. The number of rotatable bonds is 6. The molecule has 1 aromatic heterocycles. The minimum absolute atomic E-state index is 0.0401. The Balaban J connectivity index is 1.64. The van der Waals surface area contributed by atoms with Gasteiger partial charge in [0.15, 0.2) is 4.80 Å². The molecule has 1 aliphatic heterocycles. The number of hydrogen-bond acceptors (Lipinski definition) is 4. The van der Waals surface area contributed by atoms with Gasteiger partial charge in [-0.05, 0) is 55.7 Å². The summed E-state index contributed by atoms with van der Waals surface area (Å²) in [7, 11) is -3.58. The highest BCUT2D eigenvalue weighted by Gasteiger charge is 2.32. The number of sulfonamides is 1. The van der Waals surface area contributed by atoms with E-state index in [4.69, 9.17) is 0 Å². The molecule has 6 nitrogen and oxygen atoms in total. The quantitative estimate of drug-likeness (QED) is 0.496. The van der Waals surface area contributed by atoms with E-state index in [2.05, 4.69) is 11.6 Å². The molecule has 1 aliphatic rings. The number of para-hydroxylation sites is 1. The Bertz CT molecular complexity index is 1300. The number of nitrogens with zero attached hydrogens (tertiary/aromatic N) is 3. The Morgan fingerprint density at radius 2 is 1.94 bits per heavy atom. The third-order valence-corrected chi connectivity index (χ3v) is 8.87.